The average Bonchev–Trinajstić information content (AvgIpc) is 2.50. The van der Waals surface area contributed by atoms with Crippen molar-refractivity contribution in [2.45, 2.75) is 37.8 Å². The normalized spacial score (nSPS) is 24.4. The molecule has 1 spiro atoms. The van der Waals surface area contributed by atoms with Crippen LogP contribution >= 0.6 is 0 Å². The SMILES string of the molecule is CCNC1CC2(CCN(C)CC2)Oc2cc(OC)ccc21. The zero-order chi connectivity index (χ0) is 14.9. The van der Waals surface area contributed by atoms with E-state index in [1.165, 1.54) is 5.56 Å². The summed E-state index contributed by atoms with van der Waals surface area (Å²) in [5.41, 5.74) is 1.25. The third-order valence-electron chi connectivity index (χ3n) is 4.85. The number of hydrogen-bond donors (Lipinski definition) is 1. The Kier molecular flexibility index (Phi) is 4.09. The van der Waals surface area contributed by atoms with Crippen LogP contribution in [-0.4, -0.2) is 44.3 Å². The molecule has 1 N–H and O–H groups in total. The molecular formula is C17H26N2O2. The molecule has 2 aliphatic heterocycles. The molecule has 0 bridgehead atoms. The molecule has 1 aromatic rings. The minimum absolute atomic E-state index is 0.0152. The highest BCUT2D eigenvalue weighted by molar-refractivity contribution is 5.44. The summed E-state index contributed by atoms with van der Waals surface area (Å²) >= 11 is 0. The van der Waals surface area contributed by atoms with Gasteiger partial charge in [-0.3, -0.25) is 0 Å². The van der Waals surface area contributed by atoms with E-state index < -0.39 is 0 Å². The second-order valence-corrected chi connectivity index (χ2v) is 6.31. The van der Waals surface area contributed by atoms with Crippen molar-refractivity contribution in [3.8, 4) is 11.5 Å². The van der Waals surface area contributed by atoms with Gasteiger partial charge in [0.2, 0.25) is 0 Å². The van der Waals surface area contributed by atoms with Crippen molar-refractivity contribution in [3.63, 3.8) is 0 Å². The van der Waals surface area contributed by atoms with Crippen molar-refractivity contribution in [2.75, 3.05) is 33.8 Å². The van der Waals surface area contributed by atoms with Crippen LogP contribution in [0.15, 0.2) is 18.2 Å². The summed E-state index contributed by atoms with van der Waals surface area (Å²) in [5.74, 6) is 1.87. The summed E-state index contributed by atoms with van der Waals surface area (Å²) < 4.78 is 11.8. The average molecular weight is 290 g/mol. The molecule has 0 saturated carbocycles. The van der Waals surface area contributed by atoms with Crippen molar-refractivity contribution >= 4 is 0 Å². The first-order valence-electron chi connectivity index (χ1n) is 7.95. The van der Waals surface area contributed by atoms with Gasteiger partial charge in [0, 0.05) is 37.2 Å². The fraction of sp³-hybridized carbons (Fsp3) is 0.647. The number of nitrogens with zero attached hydrogens (tertiary/aromatic N) is 1. The van der Waals surface area contributed by atoms with Gasteiger partial charge in [0.1, 0.15) is 17.1 Å². The number of hydrogen-bond acceptors (Lipinski definition) is 4. The van der Waals surface area contributed by atoms with Crippen LogP contribution in [0, 0.1) is 0 Å². The lowest BCUT2D eigenvalue weighted by atomic mass is 9.80. The molecule has 0 radical (unpaired) electrons. The first kappa shape index (κ1) is 14.7. The largest absolute Gasteiger partial charge is 0.497 e. The quantitative estimate of drug-likeness (QED) is 0.928. The Morgan fingerprint density at radius 1 is 1.38 bits per heavy atom. The van der Waals surface area contributed by atoms with E-state index in [1.54, 1.807) is 7.11 Å². The maximum absolute atomic E-state index is 6.48. The van der Waals surface area contributed by atoms with Gasteiger partial charge >= 0.3 is 0 Å². The molecule has 1 atom stereocenters. The van der Waals surface area contributed by atoms with Crippen molar-refractivity contribution < 1.29 is 9.47 Å². The van der Waals surface area contributed by atoms with Crippen LogP contribution in [0.4, 0.5) is 0 Å². The highest BCUT2D eigenvalue weighted by Crippen LogP contribution is 2.45. The molecule has 2 heterocycles. The number of fused-ring (bicyclic) bond motifs is 1. The molecule has 0 amide bonds. The van der Waals surface area contributed by atoms with Gasteiger partial charge in [0.15, 0.2) is 0 Å². The second-order valence-electron chi connectivity index (χ2n) is 6.31. The van der Waals surface area contributed by atoms with Gasteiger partial charge in [0.05, 0.1) is 7.11 Å². The number of ether oxygens (including phenoxy) is 2. The predicted molar refractivity (Wildman–Crippen MR) is 84.1 cm³/mol. The zero-order valence-electron chi connectivity index (χ0n) is 13.3. The Morgan fingerprint density at radius 2 is 2.14 bits per heavy atom. The molecule has 0 aromatic heterocycles. The third kappa shape index (κ3) is 2.87. The van der Waals surface area contributed by atoms with E-state index in [2.05, 4.69) is 30.3 Å². The molecule has 4 heteroatoms. The van der Waals surface area contributed by atoms with Crippen LogP contribution in [0.5, 0.6) is 11.5 Å². The Morgan fingerprint density at radius 3 is 2.81 bits per heavy atom. The van der Waals surface area contributed by atoms with Crippen LogP contribution in [0.1, 0.15) is 37.8 Å². The lowest BCUT2D eigenvalue weighted by Crippen LogP contribution is -2.51. The summed E-state index contributed by atoms with van der Waals surface area (Å²) in [6.45, 7) is 5.36. The van der Waals surface area contributed by atoms with E-state index >= 15 is 0 Å². The van der Waals surface area contributed by atoms with Crippen molar-refractivity contribution in [3.05, 3.63) is 23.8 Å². The summed E-state index contributed by atoms with van der Waals surface area (Å²) in [6, 6.07) is 6.59. The van der Waals surface area contributed by atoms with Gasteiger partial charge in [-0.05, 0) is 32.5 Å². The van der Waals surface area contributed by atoms with Gasteiger partial charge in [0.25, 0.3) is 0 Å². The molecule has 1 unspecified atom stereocenters. The van der Waals surface area contributed by atoms with Crippen molar-refractivity contribution in [2.24, 2.45) is 0 Å². The van der Waals surface area contributed by atoms with Crippen LogP contribution in [-0.2, 0) is 0 Å². The number of likely N-dealkylation sites (tertiary alicyclic amines) is 1. The van der Waals surface area contributed by atoms with Crippen LogP contribution < -0.4 is 14.8 Å². The van der Waals surface area contributed by atoms with Gasteiger partial charge in [-0.1, -0.05) is 13.0 Å². The summed E-state index contributed by atoms with van der Waals surface area (Å²) in [4.78, 5) is 2.39. The van der Waals surface area contributed by atoms with Gasteiger partial charge in [-0.15, -0.1) is 0 Å². The maximum Gasteiger partial charge on any atom is 0.128 e. The Hall–Kier alpha value is -1.26. The number of methoxy groups -OCH3 is 1. The molecule has 21 heavy (non-hydrogen) atoms. The number of rotatable bonds is 3. The van der Waals surface area contributed by atoms with E-state index in [0.717, 1.165) is 50.4 Å². The molecule has 116 valence electrons. The molecular weight excluding hydrogens is 264 g/mol. The standard InChI is InChI=1S/C17H26N2O2/c1-4-18-15-12-17(7-9-19(2)10-8-17)21-16-11-13(20-3)5-6-14(15)16/h5-6,11,15,18H,4,7-10,12H2,1-3H3. The van der Waals surface area contributed by atoms with E-state index in [-0.39, 0.29) is 5.60 Å². The van der Waals surface area contributed by atoms with E-state index in [9.17, 15) is 0 Å². The summed E-state index contributed by atoms with van der Waals surface area (Å²) in [7, 11) is 3.89. The molecule has 4 nitrogen and oxygen atoms in total. The molecule has 1 saturated heterocycles. The highest BCUT2D eigenvalue weighted by Gasteiger charge is 2.42. The van der Waals surface area contributed by atoms with Gasteiger partial charge in [-0.25, -0.2) is 0 Å². The first-order valence-corrected chi connectivity index (χ1v) is 7.95. The molecule has 0 aliphatic carbocycles. The fourth-order valence-electron chi connectivity index (χ4n) is 3.54. The Balaban J connectivity index is 1.91. The molecule has 2 aliphatic rings. The first-order chi connectivity index (χ1) is 10.2. The number of nitrogens with one attached hydrogen (secondary N) is 1. The van der Waals surface area contributed by atoms with Crippen molar-refractivity contribution in [1.29, 1.82) is 0 Å². The Bertz CT molecular complexity index is 496. The summed E-state index contributed by atoms with van der Waals surface area (Å²) in [5, 5.41) is 3.63. The minimum atomic E-state index is -0.0152. The lowest BCUT2D eigenvalue weighted by molar-refractivity contribution is -0.0202. The van der Waals surface area contributed by atoms with E-state index in [0.29, 0.717) is 6.04 Å². The van der Waals surface area contributed by atoms with E-state index in [4.69, 9.17) is 9.47 Å². The number of piperidine rings is 1. The van der Waals surface area contributed by atoms with Crippen LogP contribution in [0.2, 0.25) is 0 Å². The van der Waals surface area contributed by atoms with Crippen LogP contribution in [0.25, 0.3) is 0 Å². The Labute approximate surface area is 127 Å². The fourth-order valence-corrected chi connectivity index (χ4v) is 3.54. The highest BCUT2D eigenvalue weighted by atomic mass is 16.5. The van der Waals surface area contributed by atoms with Crippen LogP contribution in [0.3, 0.4) is 0 Å². The third-order valence-corrected chi connectivity index (χ3v) is 4.85. The lowest BCUT2D eigenvalue weighted by Gasteiger charge is -2.46. The molecule has 3 rings (SSSR count). The smallest absolute Gasteiger partial charge is 0.128 e. The topological polar surface area (TPSA) is 33.7 Å². The second kappa shape index (κ2) is 5.85. The monoisotopic (exact) mass is 290 g/mol. The number of benzene rings is 1. The maximum atomic E-state index is 6.48. The van der Waals surface area contributed by atoms with E-state index in [1.807, 2.05) is 12.1 Å². The van der Waals surface area contributed by atoms with Crippen molar-refractivity contribution in [1.82, 2.24) is 10.2 Å². The summed E-state index contributed by atoms with van der Waals surface area (Å²) in [6.07, 6.45) is 3.26. The molecule has 1 aromatic carbocycles. The minimum Gasteiger partial charge on any atom is -0.497 e. The van der Waals surface area contributed by atoms with Gasteiger partial charge < -0.3 is 19.7 Å². The molecule has 1 fully saturated rings. The predicted octanol–water partition coefficient (Wildman–Crippen LogP) is 2.59. The zero-order valence-corrected chi connectivity index (χ0v) is 13.3. The van der Waals surface area contributed by atoms with Gasteiger partial charge in [-0.2, -0.15) is 0 Å².